The van der Waals surface area contributed by atoms with Crippen molar-refractivity contribution in [2.24, 2.45) is 5.92 Å². The first-order chi connectivity index (χ1) is 10.7. The van der Waals surface area contributed by atoms with Crippen molar-refractivity contribution >= 4 is 17.3 Å². The van der Waals surface area contributed by atoms with Crippen LogP contribution in [-0.2, 0) is 14.3 Å². The maximum absolute atomic E-state index is 12.4. The number of carbonyl (C=O) groups excluding carboxylic acids is 1. The smallest absolute Gasteiger partial charge is 0.315 e. The fourth-order valence-corrected chi connectivity index (χ4v) is 3.42. The van der Waals surface area contributed by atoms with Gasteiger partial charge in [0.1, 0.15) is 18.3 Å². The zero-order valence-corrected chi connectivity index (χ0v) is 13.2. The molecular formula is C16H23N3O3. The Bertz CT molecular complexity index is 551. The predicted octanol–water partition coefficient (Wildman–Crippen LogP) is 1.39. The molecule has 0 aliphatic carbocycles. The number of rotatable bonds is 4. The summed E-state index contributed by atoms with van der Waals surface area (Å²) in [6, 6.07) is 8.04. The van der Waals surface area contributed by atoms with E-state index in [1.807, 2.05) is 39.1 Å². The lowest BCUT2D eigenvalue weighted by molar-refractivity contribution is -0.153. The molecule has 2 aliphatic heterocycles. The highest BCUT2D eigenvalue weighted by Crippen LogP contribution is 2.38. The van der Waals surface area contributed by atoms with Gasteiger partial charge in [-0.15, -0.1) is 0 Å². The van der Waals surface area contributed by atoms with Gasteiger partial charge in [0.25, 0.3) is 0 Å². The van der Waals surface area contributed by atoms with Crippen LogP contribution in [0.15, 0.2) is 24.3 Å². The molecule has 0 radical (unpaired) electrons. The molecule has 1 fully saturated rings. The van der Waals surface area contributed by atoms with E-state index in [0.29, 0.717) is 13.2 Å². The van der Waals surface area contributed by atoms with Crippen molar-refractivity contribution in [1.82, 2.24) is 5.32 Å². The molecule has 2 N–H and O–H groups in total. The number of fused-ring (bicyclic) bond motifs is 2. The molecule has 2 aliphatic rings. The second kappa shape index (κ2) is 6.14. The van der Waals surface area contributed by atoms with Crippen LogP contribution in [-0.4, -0.2) is 44.7 Å². The van der Waals surface area contributed by atoms with Crippen LogP contribution < -0.4 is 15.5 Å². The molecule has 120 valence electrons. The molecule has 4 atom stereocenters. The van der Waals surface area contributed by atoms with E-state index in [1.165, 1.54) is 0 Å². The first kappa shape index (κ1) is 15.1. The van der Waals surface area contributed by atoms with Gasteiger partial charge in [0, 0.05) is 13.7 Å². The first-order valence-electron chi connectivity index (χ1n) is 7.80. The van der Waals surface area contributed by atoms with Crippen LogP contribution in [0.5, 0.6) is 0 Å². The number of esters is 1. The predicted molar refractivity (Wildman–Crippen MR) is 84.7 cm³/mol. The molecule has 0 aromatic heterocycles. The van der Waals surface area contributed by atoms with Crippen molar-refractivity contribution in [2.45, 2.75) is 32.3 Å². The van der Waals surface area contributed by atoms with Crippen LogP contribution >= 0.6 is 0 Å². The molecule has 0 saturated carbocycles. The average Bonchev–Trinajstić information content (AvgIpc) is 2.86. The third-order valence-corrected chi connectivity index (χ3v) is 4.33. The SMILES string of the molecule is CCOC(=O)C1C(OCC)NC2Nc3ccccc3N(C)C21. The van der Waals surface area contributed by atoms with Crippen LogP contribution in [0.25, 0.3) is 0 Å². The lowest BCUT2D eigenvalue weighted by atomic mass is 9.96. The molecule has 3 rings (SSSR count). The van der Waals surface area contributed by atoms with Gasteiger partial charge in [-0.05, 0) is 26.0 Å². The maximum Gasteiger partial charge on any atom is 0.315 e. The second-order valence-electron chi connectivity index (χ2n) is 5.56. The number of anilines is 2. The van der Waals surface area contributed by atoms with Gasteiger partial charge >= 0.3 is 5.97 Å². The molecular weight excluding hydrogens is 282 g/mol. The summed E-state index contributed by atoms with van der Waals surface area (Å²) in [6.45, 7) is 4.67. The Hall–Kier alpha value is -1.79. The van der Waals surface area contributed by atoms with Gasteiger partial charge in [-0.25, -0.2) is 0 Å². The minimum absolute atomic E-state index is 0.0501. The van der Waals surface area contributed by atoms with Crippen molar-refractivity contribution in [3.05, 3.63) is 24.3 Å². The van der Waals surface area contributed by atoms with Gasteiger partial charge in [-0.1, -0.05) is 12.1 Å². The lowest BCUT2D eigenvalue weighted by Gasteiger charge is -2.40. The molecule has 0 amide bonds. The van der Waals surface area contributed by atoms with Gasteiger partial charge in [-0.2, -0.15) is 0 Å². The van der Waals surface area contributed by atoms with Crippen LogP contribution in [0, 0.1) is 5.92 Å². The molecule has 6 heteroatoms. The average molecular weight is 305 g/mol. The Labute approximate surface area is 130 Å². The van der Waals surface area contributed by atoms with E-state index in [0.717, 1.165) is 11.4 Å². The quantitative estimate of drug-likeness (QED) is 0.820. The highest BCUT2D eigenvalue weighted by Gasteiger charge is 2.52. The molecule has 4 unspecified atom stereocenters. The van der Waals surface area contributed by atoms with Crippen molar-refractivity contribution < 1.29 is 14.3 Å². The number of hydrogen-bond donors (Lipinski definition) is 2. The monoisotopic (exact) mass is 305 g/mol. The summed E-state index contributed by atoms with van der Waals surface area (Å²) in [7, 11) is 2.01. The Balaban J connectivity index is 1.93. The molecule has 2 heterocycles. The van der Waals surface area contributed by atoms with Gasteiger partial charge < -0.3 is 19.7 Å². The van der Waals surface area contributed by atoms with Crippen molar-refractivity contribution in [3.63, 3.8) is 0 Å². The van der Waals surface area contributed by atoms with E-state index >= 15 is 0 Å². The number of nitrogens with zero attached hydrogens (tertiary/aromatic N) is 1. The fraction of sp³-hybridized carbons (Fsp3) is 0.562. The minimum atomic E-state index is -0.365. The highest BCUT2D eigenvalue weighted by molar-refractivity contribution is 5.79. The number of ether oxygens (including phenoxy) is 2. The Morgan fingerprint density at radius 2 is 2.05 bits per heavy atom. The summed E-state index contributed by atoms with van der Waals surface area (Å²) >= 11 is 0. The van der Waals surface area contributed by atoms with E-state index < -0.39 is 0 Å². The highest BCUT2D eigenvalue weighted by atomic mass is 16.5. The molecule has 22 heavy (non-hydrogen) atoms. The molecule has 1 aromatic carbocycles. The van der Waals surface area contributed by atoms with E-state index in [1.54, 1.807) is 0 Å². The topological polar surface area (TPSA) is 62.8 Å². The van der Waals surface area contributed by atoms with Gasteiger partial charge in [0.05, 0.1) is 24.0 Å². The standard InChI is InChI=1S/C16H23N3O3/c1-4-21-15-12(16(20)22-5-2)13-14(18-15)17-10-8-6-7-9-11(10)19(13)3/h6-9,12-15,17-18H,4-5H2,1-3H3. The molecule has 0 bridgehead atoms. The van der Waals surface area contributed by atoms with E-state index in [9.17, 15) is 4.79 Å². The number of hydrogen-bond acceptors (Lipinski definition) is 6. The fourth-order valence-electron chi connectivity index (χ4n) is 3.42. The van der Waals surface area contributed by atoms with Crippen LogP contribution in [0.4, 0.5) is 11.4 Å². The first-order valence-corrected chi connectivity index (χ1v) is 7.80. The van der Waals surface area contributed by atoms with Crippen LogP contribution in [0.1, 0.15) is 13.8 Å². The number of benzene rings is 1. The number of nitrogens with one attached hydrogen (secondary N) is 2. The minimum Gasteiger partial charge on any atom is -0.466 e. The van der Waals surface area contributed by atoms with E-state index in [4.69, 9.17) is 9.47 Å². The summed E-state index contributed by atoms with van der Waals surface area (Å²) < 4.78 is 11.0. The maximum atomic E-state index is 12.4. The summed E-state index contributed by atoms with van der Waals surface area (Å²) in [6.07, 6.45) is -0.394. The largest absolute Gasteiger partial charge is 0.466 e. The summed E-state index contributed by atoms with van der Waals surface area (Å²) in [5, 5.41) is 6.84. The number of para-hydroxylation sites is 2. The lowest BCUT2D eigenvalue weighted by Crippen LogP contribution is -2.53. The molecule has 1 aromatic rings. The zero-order chi connectivity index (χ0) is 15.7. The van der Waals surface area contributed by atoms with Crippen LogP contribution in [0.2, 0.25) is 0 Å². The van der Waals surface area contributed by atoms with Crippen LogP contribution in [0.3, 0.4) is 0 Å². The summed E-state index contributed by atoms with van der Waals surface area (Å²) in [5.74, 6) is -0.579. The van der Waals surface area contributed by atoms with Gasteiger partial charge in [0.15, 0.2) is 0 Å². The third-order valence-electron chi connectivity index (χ3n) is 4.33. The Morgan fingerprint density at radius 1 is 1.27 bits per heavy atom. The van der Waals surface area contributed by atoms with E-state index in [2.05, 4.69) is 21.6 Å². The second-order valence-corrected chi connectivity index (χ2v) is 5.56. The zero-order valence-electron chi connectivity index (χ0n) is 13.2. The Morgan fingerprint density at radius 3 is 2.77 bits per heavy atom. The Kier molecular flexibility index (Phi) is 4.22. The molecule has 6 nitrogen and oxygen atoms in total. The van der Waals surface area contributed by atoms with E-state index in [-0.39, 0.29) is 30.3 Å². The molecule has 0 spiro atoms. The number of likely N-dealkylation sites (N-methyl/N-ethyl adjacent to an activating group) is 1. The summed E-state index contributed by atoms with van der Waals surface area (Å²) in [5.41, 5.74) is 2.13. The van der Waals surface area contributed by atoms with Gasteiger partial charge in [-0.3, -0.25) is 10.1 Å². The summed E-state index contributed by atoms with van der Waals surface area (Å²) in [4.78, 5) is 14.6. The van der Waals surface area contributed by atoms with Gasteiger partial charge in [0.2, 0.25) is 0 Å². The normalized spacial score (nSPS) is 29.5. The number of carbonyl (C=O) groups is 1. The molecule has 1 saturated heterocycles. The van der Waals surface area contributed by atoms with Crippen molar-refractivity contribution in [2.75, 3.05) is 30.5 Å². The van der Waals surface area contributed by atoms with Crippen molar-refractivity contribution in [3.8, 4) is 0 Å². The van der Waals surface area contributed by atoms with Crippen molar-refractivity contribution in [1.29, 1.82) is 0 Å². The third kappa shape index (κ3) is 2.42.